The summed E-state index contributed by atoms with van der Waals surface area (Å²) in [6, 6.07) is -2.09. The zero-order valence-corrected chi connectivity index (χ0v) is 17.5. The molecule has 31 heavy (non-hydrogen) atoms. The quantitative estimate of drug-likeness (QED) is 0.606. The van der Waals surface area contributed by atoms with Gasteiger partial charge in [-0.2, -0.15) is 13.2 Å². The Morgan fingerprint density at radius 3 is 2.52 bits per heavy atom. The highest BCUT2D eigenvalue weighted by Crippen LogP contribution is 2.45. The van der Waals surface area contributed by atoms with Gasteiger partial charge in [0.25, 0.3) is 5.56 Å². The predicted molar refractivity (Wildman–Crippen MR) is 106 cm³/mol. The Hall–Kier alpha value is -3.11. The average molecular weight is 434 g/mol. The van der Waals surface area contributed by atoms with Crippen molar-refractivity contribution >= 4 is 11.2 Å². The van der Waals surface area contributed by atoms with E-state index in [1.165, 1.54) is 13.4 Å². The normalized spacial score (nSPS) is 15.3. The SMILES string of the molecule is CCc1nc2c(C)nc(-c3c(OC)ncnc3C3CC3)nc2n(C(C)C(F)(F)F)c1=O. The summed E-state index contributed by atoms with van der Waals surface area (Å²) in [4.78, 5) is 34.5. The summed E-state index contributed by atoms with van der Waals surface area (Å²) < 4.78 is 46.9. The molecule has 1 aliphatic rings. The largest absolute Gasteiger partial charge is 0.480 e. The van der Waals surface area contributed by atoms with Gasteiger partial charge in [0.15, 0.2) is 11.5 Å². The van der Waals surface area contributed by atoms with Gasteiger partial charge in [0, 0.05) is 5.92 Å². The predicted octanol–water partition coefficient (Wildman–Crippen LogP) is 3.52. The van der Waals surface area contributed by atoms with Crippen molar-refractivity contribution in [1.82, 2.24) is 29.5 Å². The molecule has 3 aromatic heterocycles. The van der Waals surface area contributed by atoms with Crippen LogP contribution < -0.4 is 10.3 Å². The van der Waals surface area contributed by atoms with E-state index in [9.17, 15) is 18.0 Å². The molecule has 1 saturated carbocycles. The number of fused-ring (bicyclic) bond motifs is 1. The second kappa shape index (κ2) is 7.54. The van der Waals surface area contributed by atoms with E-state index in [1.807, 2.05) is 0 Å². The van der Waals surface area contributed by atoms with Gasteiger partial charge in [0.1, 0.15) is 29.1 Å². The van der Waals surface area contributed by atoms with E-state index in [4.69, 9.17) is 4.74 Å². The van der Waals surface area contributed by atoms with Gasteiger partial charge in [0.2, 0.25) is 5.88 Å². The molecule has 8 nitrogen and oxygen atoms in total. The molecule has 0 bridgehead atoms. The first kappa shape index (κ1) is 21.1. The van der Waals surface area contributed by atoms with Crippen LogP contribution in [0.25, 0.3) is 22.6 Å². The zero-order chi connectivity index (χ0) is 22.5. The van der Waals surface area contributed by atoms with Crippen LogP contribution in [0.5, 0.6) is 5.88 Å². The Kier molecular flexibility index (Phi) is 5.14. The van der Waals surface area contributed by atoms with Gasteiger partial charge in [-0.05, 0) is 33.1 Å². The molecule has 0 saturated heterocycles. The van der Waals surface area contributed by atoms with Crippen LogP contribution in [0.1, 0.15) is 55.7 Å². The molecule has 4 rings (SSSR count). The fourth-order valence-electron chi connectivity index (χ4n) is 3.53. The third kappa shape index (κ3) is 3.61. The highest BCUT2D eigenvalue weighted by atomic mass is 19.4. The maximum atomic E-state index is 13.6. The molecule has 11 heteroatoms. The van der Waals surface area contributed by atoms with Crippen molar-refractivity contribution in [1.29, 1.82) is 0 Å². The monoisotopic (exact) mass is 434 g/mol. The van der Waals surface area contributed by atoms with Gasteiger partial charge < -0.3 is 4.74 Å². The molecular formula is C20H21F3N6O2. The van der Waals surface area contributed by atoms with Gasteiger partial charge in [-0.25, -0.2) is 24.9 Å². The summed E-state index contributed by atoms with van der Waals surface area (Å²) in [5.41, 5.74) is 0.648. The molecule has 0 aromatic carbocycles. The lowest BCUT2D eigenvalue weighted by atomic mass is 10.1. The Morgan fingerprint density at radius 2 is 1.94 bits per heavy atom. The molecule has 3 heterocycles. The maximum absolute atomic E-state index is 13.6. The number of hydrogen-bond acceptors (Lipinski definition) is 7. The summed E-state index contributed by atoms with van der Waals surface area (Å²) in [6.45, 7) is 4.22. The summed E-state index contributed by atoms with van der Waals surface area (Å²) in [5.74, 6) is 0.521. The Morgan fingerprint density at radius 1 is 1.23 bits per heavy atom. The highest BCUT2D eigenvalue weighted by molar-refractivity contribution is 5.77. The van der Waals surface area contributed by atoms with Crippen molar-refractivity contribution in [2.75, 3.05) is 7.11 Å². The van der Waals surface area contributed by atoms with Gasteiger partial charge in [-0.1, -0.05) is 6.92 Å². The van der Waals surface area contributed by atoms with E-state index in [2.05, 4.69) is 24.9 Å². The fraction of sp³-hybridized carbons (Fsp3) is 0.500. The number of aromatic nitrogens is 6. The molecule has 0 amide bonds. The molecule has 1 atom stereocenters. The molecule has 0 aliphatic heterocycles. The summed E-state index contributed by atoms with van der Waals surface area (Å²) in [7, 11) is 1.44. The van der Waals surface area contributed by atoms with Crippen molar-refractivity contribution in [3.63, 3.8) is 0 Å². The van der Waals surface area contributed by atoms with Crippen molar-refractivity contribution in [3.05, 3.63) is 33.8 Å². The van der Waals surface area contributed by atoms with E-state index in [0.29, 0.717) is 21.5 Å². The summed E-state index contributed by atoms with van der Waals surface area (Å²) >= 11 is 0. The number of ether oxygens (including phenoxy) is 1. The van der Waals surface area contributed by atoms with Crippen LogP contribution in [-0.4, -0.2) is 42.8 Å². The Bertz CT molecular complexity index is 1220. The number of nitrogens with zero attached hydrogens (tertiary/aromatic N) is 6. The minimum atomic E-state index is -4.64. The number of rotatable bonds is 5. The van der Waals surface area contributed by atoms with Crippen molar-refractivity contribution in [2.24, 2.45) is 0 Å². The van der Waals surface area contributed by atoms with Crippen LogP contribution in [0.15, 0.2) is 11.1 Å². The number of alkyl halides is 3. The molecule has 1 fully saturated rings. The molecular weight excluding hydrogens is 413 g/mol. The molecule has 0 N–H and O–H groups in total. The summed E-state index contributed by atoms with van der Waals surface area (Å²) in [6.07, 6.45) is -1.23. The average Bonchev–Trinajstić information content (AvgIpc) is 3.57. The van der Waals surface area contributed by atoms with E-state index in [-0.39, 0.29) is 40.9 Å². The van der Waals surface area contributed by atoms with Gasteiger partial charge >= 0.3 is 6.18 Å². The van der Waals surface area contributed by atoms with Crippen molar-refractivity contribution in [3.8, 4) is 17.3 Å². The molecule has 0 radical (unpaired) electrons. The minimum Gasteiger partial charge on any atom is -0.480 e. The van der Waals surface area contributed by atoms with Gasteiger partial charge in [-0.15, -0.1) is 0 Å². The number of halogens is 3. The lowest BCUT2D eigenvalue weighted by Crippen LogP contribution is -2.35. The van der Waals surface area contributed by atoms with Crippen LogP contribution in [0.3, 0.4) is 0 Å². The molecule has 1 unspecified atom stereocenters. The Labute approximate surface area is 175 Å². The number of hydrogen-bond donors (Lipinski definition) is 0. The Balaban J connectivity index is 2.08. The minimum absolute atomic E-state index is 0.0299. The second-order valence-electron chi connectivity index (χ2n) is 7.53. The molecule has 1 aliphatic carbocycles. The smallest absolute Gasteiger partial charge is 0.409 e. The first-order valence-corrected chi connectivity index (χ1v) is 9.93. The lowest BCUT2D eigenvalue weighted by molar-refractivity contribution is -0.162. The zero-order valence-electron chi connectivity index (χ0n) is 17.5. The third-order valence-corrected chi connectivity index (χ3v) is 5.40. The van der Waals surface area contributed by atoms with Crippen molar-refractivity contribution in [2.45, 2.75) is 58.2 Å². The van der Waals surface area contributed by atoms with Gasteiger partial charge in [-0.3, -0.25) is 9.36 Å². The van der Waals surface area contributed by atoms with Crippen molar-refractivity contribution < 1.29 is 17.9 Å². The lowest BCUT2D eigenvalue weighted by Gasteiger charge is -2.21. The first-order valence-electron chi connectivity index (χ1n) is 9.93. The van der Waals surface area contributed by atoms with Gasteiger partial charge in [0.05, 0.1) is 18.5 Å². The fourth-order valence-corrected chi connectivity index (χ4v) is 3.53. The third-order valence-electron chi connectivity index (χ3n) is 5.40. The molecule has 0 spiro atoms. The van der Waals surface area contributed by atoms with E-state index < -0.39 is 17.8 Å². The number of aryl methyl sites for hydroxylation is 2. The highest BCUT2D eigenvalue weighted by Gasteiger charge is 2.40. The standard InChI is InChI=1S/C20H21F3N6O2/c1-5-12-19(30)29(10(3)20(21,22)23)17-14(27-12)9(2)26-16(28-17)13-15(11-6-7-11)24-8-25-18(13)31-4/h8,10-11H,5-7H2,1-4H3. The van der Waals surface area contributed by atoms with Crippen LogP contribution >= 0.6 is 0 Å². The van der Waals surface area contributed by atoms with Crippen LogP contribution in [0.4, 0.5) is 13.2 Å². The van der Waals surface area contributed by atoms with E-state index in [1.54, 1.807) is 13.8 Å². The van der Waals surface area contributed by atoms with Crippen LogP contribution in [-0.2, 0) is 6.42 Å². The van der Waals surface area contributed by atoms with Crippen LogP contribution in [0.2, 0.25) is 0 Å². The second-order valence-corrected chi connectivity index (χ2v) is 7.53. The molecule has 164 valence electrons. The first-order chi connectivity index (χ1) is 14.7. The summed E-state index contributed by atoms with van der Waals surface area (Å²) in [5, 5.41) is 0. The van der Waals surface area contributed by atoms with E-state index in [0.717, 1.165) is 19.8 Å². The maximum Gasteiger partial charge on any atom is 0.409 e. The van der Waals surface area contributed by atoms with E-state index >= 15 is 0 Å². The number of methoxy groups -OCH3 is 1. The molecule has 3 aromatic rings. The van der Waals surface area contributed by atoms with Crippen LogP contribution in [0, 0.1) is 6.92 Å². The topological polar surface area (TPSA) is 95.7 Å².